The Bertz CT molecular complexity index is 1520. The molecule has 4 rings (SSSR count). The second-order valence-corrected chi connectivity index (χ2v) is 12.6. The molecule has 5 N–H and O–H groups in total. The number of ether oxygens (including phenoxy) is 3. The minimum absolute atomic E-state index is 0.0762. The van der Waals surface area contributed by atoms with Crippen molar-refractivity contribution in [1.29, 1.82) is 0 Å². The van der Waals surface area contributed by atoms with Crippen LogP contribution in [0.5, 0.6) is 11.5 Å². The van der Waals surface area contributed by atoms with Gasteiger partial charge in [-0.15, -0.1) is 0 Å². The maximum Gasteiger partial charge on any atom is 0.326 e. The lowest BCUT2D eigenvalue weighted by atomic mass is 9.54. The van der Waals surface area contributed by atoms with Crippen LogP contribution in [0.2, 0.25) is 0 Å². The summed E-state index contributed by atoms with van der Waals surface area (Å²) in [6.45, 7) is 6.63. The van der Waals surface area contributed by atoms with Crippen molar-refractivity contribution < 1.29 is 63.4 Å². The summed E-state index contributed by atoms with van der Waals surface area (Å²) in [5, 5.41) is 43.1. The zero-order valence-electron chi connectivity index (χ0n) is 26.8. The SMILES string of the molecule is CC(=O)C[C@@H](CC(=O)OC1=CC[C@@]2(O)[C@@H](C)N(C)CC[C@@]23c2c(C)ccc(O)c2O[C@@H]13)C(=O)O[C@@H](C)C(=O)N[C@H](CC(=O)O)C(=O)O. The van der Waals surface area contributed by atoms with Crippen LogP contribution in [-0.4, -0.2) is 104 Å². The van der Waals surface area contributed by atoms with Gasteiger partial charge in [-0.3, -0.25) is 19.2 Å². The molecule has 2 aliphatic heterocycles. The number of aryl methyl sites for hydroxylation is 1. The minimum atomic E-state index is -1.78. The average molecular weight is 661 g/mol. The van der Waals surface area contributed by atoms with Gasteiger partial charge in [-0.2, -0.15) is 0 Å². The summed E-state index contributed by atoms with van der Waals surface area (Å²) in [6.07, 6.45) is -2.54. The number of aliphatic hydroxyl groups is 1. The van der Waals surface area contributed by atoms with E-state index in [0.717, 1.165) is 12.5 Å². The maximum absolute atomic E-state index is 13.3. The fourth-order valence-corrected chi connectivity index (χ4v) is 6.95. The predicted octanol–water partition coefficient (Wildman–Crippen LogP) is 0.947. The summed E-state index contributed by atoms with van der Waals surface area (Å²) in [6, 6.07) is 1.10. The molecule has 3 aliphatic rings. The molecule has 0 unspecified atom stereocenters. The molecular weight excluding hydrogens is 620 g/mol. The molecule has 2 heterocycles. The van der Waals surface area contributed by atoms with Crippen LogP contribution < -0.4 is 10.1 Å². The first-order chi connectivity index (χ1) is 21.9. The van der Waals surface area contributed by atoms with E-state index in [-0.39, 0.29) is 29.7 Å². The number of amides is 1. The Morgan fingerprint density at radius 3 is 2.43 bits per heavy atom. The van der Waals surface area contributed by atoms with Crippen molar-refractivity contribution in [3.8, 4) is 11.5 Å². The first-order valence-electron chi connectivity index (χ1n) is 15.2. The van der Waals surface area contributed by atoms with Gasteiger partial charge in [-0.25, -0.2) is 4.79 Å². The van der Waals surface area contributed by atoms with Crippen LogP contribution in [0.25, 0.3) is 0 Å². The van der Waals surface area contributed by atoms with E-state index in [2.05, 4.69) is 0 Å². The molecule has 0 aromatic heterocycles. The van der Waals surface area contributed by atoms with Crippen molar-refractivity contribution in [3.05, 3.63) is 35.1 Å². The van der Waals surface area contributed by atoms with Gasteiger partial charge in [0.2, 0.25) is 0 Å². The van der Waals surface area contributed by atoms with Gasteiger partial charge in [-0.1, -0.05) is 6.07 Å². The highest BCUT2D eigenvalue weighted by Gasteiger charge is 2.69. The molecular formula is C32H40N2O13. The number of ketones is 1. The Morgan fingerprint density at radius 1 is 1.13 bits per heavy atom. The van der Waals surface area contributed by atoms with Crippen molar-refractivity contribution in [2.45, 2.75) is 95.1 Å². The lowest BCUT2D eigenvalue weighted by Crippen LogP contribution is -2.71. The number of carboxylic acid groups (broad SMARTS) is 2. The van der Waals surface area contributed by atoms with Gasteiger partial charge in [0.1, 0.15) is 17.6 Å². The van der Waals surface area contributed by atoms with Crippen LogP contribution in [0.3, 0.4) is 0 Å². The number of benzene rings is 1. The molecule has 7 atom stereocenters. The second kappa shape index (κ2) is 13.3. The molecule has 0 saturated carbocycles. The smallest absolute Gasteiger partial charge is 0.326 e. The molecule has 1 aromatic rings. The number of nitrogens with one attached hydrogen (secondary N) is 1. The molecule has 0 bridgehead atoms. The van der Waals surface area contributed by atoms with Crippen LogP contribution in [0.4, 0.5) is 0 Å². The maximum atomic E-state index is 13.3. The lowest BCUT2D eigenvalue weighted by Gasteiger charge is -2.58. The highest BCUT2D eigenvalue weighted by molar-refractivity contribution is 5.91. The summed E-state index contributed by atoms with van der Waals surface area (Å²) in [7, 11) is 1.90. The Kier molecular flexibility index (Phi) is 10.0. The normalized spacial score (nSPS) is 26.6. The highest BCUT2D eigenvalue weighted by atomic mass is 16.6. The summed E-state index contributed by atoms with van der Waals surface area (Å²) < 4.78 is 17.2. The van der Waals surface area contributed by atoms with Gasteiger partial charge < -0.3 is 49.6 Å². The second-order valence-electron chi connectivity index (χ2n) is 12.6. The van der Waals surface area contributed by atoms with Gasteiger partial charge in [-0.05, 0) is 65.4 Å². The number of aliphatic carboxylic acids is 2. The number of aromatic hydroxyl groups is 1. The number of nitrogens with zero attached hydrogens (tertiary/aromatic N) is 1. The van der Waals surface area contributed by atoms with Crippen molar-refractivity contribution >= 4 is 35.6 Å². The molecule has 1 fully saturated rings. The van der Waals surface area contributed by atoms with E-state index >= 15 is 0 Å². The van der Waals surface area contributed by atoms with E-state index in [1.807, 2.05) is 31.1 Å². The molecule has 1 saturated heterocycles. The van der Waals surface area contributed by atoms with E-state index in [4.69, 9.17) is 19.3 Å². The molecule has 0 radical (unpaired) electrons. The summed E-state index contributed by atoms with van der Waals surface area (Å²) in [4.78, 5) is 75.1. The lowest BCUT2D eigenvalue weighted by molar-refractivity contribution is -0.166. The quantitative estimate of drug-likeness (QED) is 0.197. The molecule has 15 nitrogen and oxygen atoms in total. The van der Waals surface area contributed by atoms with Crippen LogP contribution in [0.1, 0.15) is 64.0 Å². The number of piperidine rings is 1. The van der Waals surface area contributed by atoms with Gasteiger partial charge in [0.15, 0.2) is 23.7 Å². The van der Waals surface area contributed by atoms with Crippen molar-refractivity contribution in [2.75, 3.05) is 13.6 Å². The van der Waals surface area contributed by atoms with E-state index < -0.39 is 90.0 Å². The Balaban J connectivity index is 1.54. The minimum Gasteiger partial charge on any atom is -0.504 e. The van der Waals surface area contributed by atoms with E-state index in [0.29, 0.717) is 18.5 Å². The van der Waals surface area contributed by atoms with Gasteiger partial charge in [0.25, 0.3) is 5.91 Å². The number of phenolic OH excluding ortho intramolecular Hbond substituents is 1. The fourth-order valence-electron chi connectivity index (χ4n) is 6.95. The third-order valence-corrected chi connectivity index (χ3v) is 9.50. The van der Waals surface area contributed by atoms with Crippen molar-refractivity contribution in [1.82, 2.24) is 10.2 Å². The van der Waals surface area contributed by atoms with Crippen molar-refractivity contribution in [3.63, 3.8) is 0 Å². The number of rotatable bonds is 12. The van der Waals surface area contributed by atoms with E-state index in [1.165, 1.54) is 13.0 Å². The molecule has 256 valence electrons. The average Bonchev–Trinajstić information content (AvgIpc) is 3.35. The predicted molar refractivity (Wildman–Crippen MR) is 160 cm³/mol. The summed E-state index contributed by atoms with van der Waals surface area (Å²) >= 11 is 0. The third kappa shape index (κ3) is 6.54. The van der Waals surface area contributed by atoms with Crippen molar-refractivity contribution in [2.24, 2.45) is 5.92 Å². The van der Waals surface area contributed by atoms with Gasteiger partial charge >= 0.3 is 23.9 Å². The number of likely N-dealkylation sites (N-methyl/N-ethyl adjacent to an activating group) is 1. The molecule has 1 spiro atoms. The van der Waals surface area contributed by atoms with Crippen LogP contribution in [-0.2, 0) is 43.7 Å². The molecule has 15 heteroatoms. The standard InChI is InChI=1S/C32H40N2O13/c1-15-6-7-21(36)26-25(15)31-10-11-34(5)18(4)32(31,44)9-8-22(27(31)47-26)46-24(39)13-19(12-16(2)35)30(43)45-17(3)28(40)33-20(29(41)42)14-23(37)38/h6-8,17-20,27,36,44H,9-14H2,1-5H3,(H,33,40)(H,37,38)(H,41,42)/t17-,18+,19-,20+,27-,31-,32+/m0/s1. The topological polar surface area (TPSA) is 226 Å². The number of fused-ring (bicyclic) bond motifs is 1. The number of hydrogen-bond acceptors (Lipinski definition) is 12. The fraction of sp³-hybridized carbons (Fsp3) is 0.562. The molecule has 47 heavy (non-hydrogen) atoms. The van der Waals surface area contributed by atoms with Gasteiger partial charge in [0, 0.05) is 24.4 Å². The number of esters is 2. The Hall–Kier alpha value is -4.50. The van der Waals surface area contributed by atoms with Gasteiger partial charge in [0.05, 0.1) is 29.8 Å². The number of carbonyl (C=O) groups is 6. The van der Waals surface area contributed by atoms with E-state index in [9.17, 15) is 44.1 Å². The zero-order valence-corrected chi connectivity index (χ0v) is 26.8. The number of carboxylic acids is 2. The number of carbonyl (C=O) groups excluding carboxylic acids is 4. The first kappa shape index (κ1) is 35.4. The number of hydrogen-bond donors (Lipinski definition) is 5. The summed E-state index contributed by atoms with van der Waals surface area (Å²) in [5.41, 5.74) is -1.05. The first-order valence-corrected chi connectivity index (χ1v) is 15.2. The molecule has 1 amide bonds. The zero-order chi connectivity index (χ0) is 35.0. The van der Waals surface area contributed by atoms with Crippen LogP contribution in [0.15, 0.2) is 24.0 Å². The number of likely N-dealkylation sites (tertiary alicyclic amines) is 1. The Labute approximate surface area is 270 Å². The number of phenols is 1. The number of Topliss-reactive ketones (excluding diaryl/α,β-unsaturated/α-hetero) is 1. The largest absolute Gasteiger partial charge is 0.504 e. The highest BCUT2D eigenvalue weighted by Crippen LogP contribution is 2.62. The molecule has 1 aliphatic carbocycles. The van der Waals surface area contributed by atoms with E-state index in [1.54, 1.807) is 12.1 Å². The molecule has 1 aromatic carbocycles. The van der Waals surface area contributed by atoms with Crippen LogP contribution >= 0.6 is 0 Å². The summed E-state index contributed by atoms with van der Waals surface area (Å²) in [5.74, 6) is -7.92. The Morgan fingerprint density at radius 2 is 1.81 bits per heavy atom. The third-order valence-electron chi connectivity index (χ3n) is 9.50. The van der Waals surface area contributed by atoms with Crippen LogP contribution in [0, 0.1) is 12.8 Å². The monoisotopic (exact) mass is 660 g/mol.